The van der Waals surface area contributed by atoms with Crippen LogP contribution in [0.25, 0.3) is 0 Å². The van der Waals surface area contributed by atoms with Gasteiger partial charge in [0.15, 0.2) is 11.5 Å². The molecule has 1 aliphatic rings. The molecule has 1 aromatic heterocycles. The molecule has 0 radical (unpaired) electrons. The number of ether oxygens (including phenoxy) is 3. The highest BCUT2D eigenvalue weighted by molar-refractivity contribution is 6.32. The molecule has 1 aliphatic heterocycles. The molecule has 0 unspecified atom stereocenters. The molecule has 1 N–H and O–H groups in total. The molecular weight excluding hydrogens is 286 g/mol. The van der Waals surface area contributed by atoms with Gasteiger partial charge in [0.2, 0.25) is 12.7 Å². The van der Waals surface area contributed by atoms with E-state index in [1.165, 1.54) is 12.3 Å². The number of aromatic nitrogens is 1. The lowest BCUT2D eigenvalue weighted by atomic mass is 10.3. The Bertz CT molecular complexity index is 688. The third-order valence-electron chi connectivity index (χ3n) is 2.61. The van der Waals surface area contributed by atoms with Crippen LogP contribution in [0.4, 0.5) is 0 Å². The summed E-state index contributed by atoms with van der Waals surface area (Å²) in [4.78, 5) is 14.7. The summed E-state index contributed by atoms with van der Waals surface area (Å²) in [7, 11) is 0. The molecule has 0 amide bonds. The first-order valence-electron chi connectivity index (χ1n) is 5.60. The summed E-state index contributed by atoms with van der Waals surface area (Å²) >= 11 is 5.93. The lowest BCUT2D eigenvalue weighted by Crippen LogP contribution is -1.98. The monoisotopic (exact) mass is 293 g/mol. The zero-order valence-electron chi connectivity index (χ0n) is 10.00. The molecule has 0 saturated carbocycles. The molecule has 1 aromatic carbocycles. The predicted molar refractivity (Wildman–Crippen MR) is 68.8 cm³/mol. The number of aromatic carboxylic acids is 1. The molecule has 102 valence electrons. The Kier molecular flexibility index (Phi) is 3.08. The number of hydrogen-bond donors (Lipinski definition) is 1. The Hall–Kier alpha value is -2.47. The van der Waals surface area contributed by atoms with Crippen molar-refractivity contribution in [3.05, 3.63) is 41.0 Å². The zero-order valence-corrected chi connectivity index (χ0v) is 10.8. The van der Waals surface area contributed by atoms with E-state index in [1.807, 2.05) is 0 Å². The average Bonchev–Trinajstić information content (AvgIpc) is 2.88. The molecule has 0 aliphatic carbocycles. The molecule has 0 spiro atoms. The molecular formula is C13H8ClNO5. The van der Waals surface area contributed by atoms with Crippen molar-refractivity contribution in [2.75, 3.05) is 6.79 Å². The van der Waals surface area contributed by atoms with Gasteiger partial charge in [0, 0.05) is 12.3 Å². The number of rotatable bonds is 3. The van der Waals surface area contributed by atoms with Crippen molar-refractivity contribution >= 4 is 17.6 Å². The summed E-state index contributed by atoms with van der Waals surface area (Å²) < 4.78 is 15.9. The van der Waals surface area contributed by atoms with Gasteiger partial charge in [0.1, 0.15) is 10.8 Å². The van der Waals surface area contributed by atoms with Gasteiger partial charge in [-0.1, -0.05) is 11.6 Å². The maximum absolute atomic E-state index is 10.8. The predicted octanol–water partition coefficient (Wildman–Crippen LogP) is 2.95. The van der Waals surface area contributed by atoms with Gasteiger partial charge in [-0.05, 0) is 18.2 Å². The number of halogens is 1. The van der Waals surface area contributed by atoms with Crippen molar-refractivity contribution in [1.82, 2.24) is 4.98 Å². The average molecular weight is 294 g/mol. The molecule has 0 bridgehead atoms. The normalized spacial score (nSPS) is 12.2. The third-order valence-corrected chi connectivity index (χ3v) is 2.88. The Morgan fingerprint density at radius 3 is 2.85 bits per heavy atom. The van der Waals surface area contributed by atoms with Crippen LogP contribution in [0.1, 0.15) is 10.4 Å². The molecule has 2 aromatic rings. The minimum atomic E-state index is -1.10. The van der Waals surface area contributed by atoms with Gasteiger partial charge in [-0.15, -0.1) is 0 Å². The summed E-state index contributed by atoms with van der Waals surface area (Å²) in [6.45, 7) is 0.172. The first-order chi connectivity index (χ1) is 9.63. The third kappa shape index (κ3) is 2.33. The number of benzene rings is 1. The summed E-state index contributed by atoms with van der Waals surface area (Å²) in [6.07, 6.45) is 1.18. The van der Waals surface area contributed by atoms with Crippen molar-refractivity contribution in [2.24, 2.45) is 0 Å². The second-order valence-corrected chi connectivity index (χ2v) is 4.34. The van der Waals surface area contributed by atoms with E-state index in [0.29, 0.717) is 17.2 Å². The number of carboxylic acids is 1. The second-order valence-electron chi connectivity index (χ2n) is 3.93. The van der Waals surface area contributed by atoms with Crippen LogP contribution >= 0.6 is 11.6 Å². The molecule has 7 heteroatoms. The van der Waals surface area contributed by atoms with Gasteiger partial charge >= 0.3 is 5.97 Å². The van der Waals surface area contributed by atoms with E-state index in [4.69, 9.17) is 30.9 Å². The quantitative estimate of drug-likeness (QED) is 0.937. The van der Waals surface area contributed by atoms with Gasteiger partial charge in [0.05, 0.1) is 5.56 Å². The van der Waals surface area contributed by atoms with E-state index in [0.717, 1.165) is 0 Å². The Labute approximate surface area is 118 Å². The summed E-state index contributed by atoms with van der Waals surface area (Å²) in [5.74, 6) is 0.690. The summed E-state index contributed by atoms with van der Waals surface area (Å²) in [5, 5.41) is 8.94. The molecule has 6 nitrogen and oxygen atoms in total. The van der Waals surface area contributed by atoms with Gasteiger partial charge in [0.25, 0.3) is 0 Å². The highest BCUT2D eigenvalue weighted by atomic mass is 35.5. The van der Waals surface area contributed by atoms with Crippen LogP contribution in [0.3, 0.4) is 0 Å². The van der Waals surface area contributed by atoms with E-state index in [1.54, 1.807) is 18.2 Å². The van der Waals surface area contributed by atoms with Crippen LogP contribution in [-0.2, 0) is 0 Å². The number of nitrogens with zero attached hydrogens (tertiary/aromatic N) is 1. The number of carboxylic acid groups (broad SMARTS) is 1. The maximum Gasteiger partial charge on any atom is 0.337 e. The van der Waals surface area contributed by atoms with E-state index < -0.39 is 5.97 Å². The molecule has 0 fully saturated rings. The maximum atomic E-state index is 10.8. The molecule has 0 saturated heterocycles. The largest absolute Gasteiger partial charge is 0.478 e. The van der Waals surface area contributed by atoms with Crippen molar-refractivity contribution in [1.29, 1.82) is 0 Å². The van der Waals surface area contributed by atoms with Crippen LogP contribution < -0.4 is 14.2 Å². The van der Waals surface area contributed by atoms with Crippen molar-refractivity contribution in [3.63, 3.8) is 0 Å². The SMILES string of the molecule is O=C(O)c1cnc(Oc2ccc3c(c2)OCO3)c(Cl)c1. The fourth-order valence-electron chi connectivity index (χ4n) is 1.67. The highest BCUT2D eigenvalue weighted by Crippen LogP contribution is 2.37. The number of carbonyl (C=O) groups is 1. The Morgan fingerprint density at radius 1 is 1.30 bits per heavy atom. The lowest BCUT2D eigenvalue weighted by molar-refractivity contribution is 0.0696. The van der Waals surface area contributed by atoms with Crippen LogP contribution in [0.5, 0.6) is 23.1 Å². The summed E-state index contributed by atoms with van der Waals surface area (Å²) in [6, 6.07) is 6.30. The minimum absolute atomic E-state index is 0.00645. The molecule has 2 heterocycles. The molecule has 0 atom stereocenters. The van der Waals surface area contributed by atoms with Gasteiger partial charge in [-0.25, -0.2) is 9.78 Å². The molecule has 3 rings (SSSR count). The number of hydrogen-bond acceptors (Lipinski definition) is 5. The van der Waals surface area contributed by atoms with Crippen molar-refractivity contribution in [2.45, 2.75) is 0 Å². The first-order valence-corrected chi connectivity index (χ1v) is 5.97. The minimum Gasteiger partial charge on any atom is -0.478 e. The van der Waals surface area contributed by atoms with Crippen LogP contribution in [0, 0.1) is 0 Å². The van der Waals surface area contributed by atoms with E-state index in [2.05, 4.69) is 4.98 Å². The lowest BCUT2D eigenvalue weighted by Gasteiger charge is -2.07. The van der Waals surface area contributed by atoms with E-state index in [-0.39, 0.29) is 23.3 Å². The first kappa shape index (κ1) is 12.6. The topological polar surface area (TPSA) is 77.9 Å². The van der Waals surface area contributed by atoms with Gasteiger partial charge < -0.3 is 19.3 Å². The Balaban J connectivity index is 1.86. The van der Waals surface area contributed by atoms with Gasteiger partial charge in [-0.2, -0.15) is 0 Å². The van der Waals surface area contributed by atoms with Gasteiger partial charge in [-0.3, -0.25) is 0 Å². The Morgan fingerprint density at radius 2 is 2.10 bits per heavy atom. The van der Waals surface area contributed by atoms with Crippen molar-refractivity contribution < 1.29 is 24.1 Å². The second kappa shape index (κ2) is 4.90. The zero-order chi connectivity index (χ0) is 14.1. The van der Waals surface area contributed by atoms with Crippen LogP contribution in [-0.4, -0.2) is 22.9 Å². The fourth-order valence-corrected chi connectivity index (χ4v) is 1.87. The summed E-state index contributed by atoms with van der Waals surface area (Å²) in [5.41, 5.74) is -0.00645. The number of pyridine rings is 1. The van der Waals surface area contributed by atoms with Crippen LogP contribution in [0.2, 0.25) is 5.02 Å². The van der Waals surface area contributed by atoms with E-state index >= 15 is 0 Å². The molecule has 20 heavy (non-hydrogen) atoms. The number of fused-ring (bicyclic) bond motifs is 1. The van der Waals surface area contributed by atoms with E-state index in [9.17, 15) is 4.79 Å². The smallest absolute Gasteiger partial charge is 0.337 e. The van der Waals surface area contributed by atoms with Crippen molar-refractivity contribution in [3.8, 4) is 23.1 Å². The fraction of sp³-hybridized carbons (Fsp3) is 0.0769. The standard InChI is InChI=1S/C13H8ClNO5/c14-9-3-7(13(16)17)5-15-12(9)20-8-1-2-10-11(4-8)19-6-18-10/h1-5H,6H2,(H,16,17). The van der Waals surface area contributed by atoms with Crippen LogP contribution in [0.15, 0.2) is 30.5 Å². The highest BCUT2D eigenvalue weighted by Gasteiger charge is 2.15.